The van der Waals surface area contributed by atoms with Gasteiger partial charge in [0.25, 0.3) is 0 Å². The minimum Gasteiger partial charge on any atom is -0.295 e. The summed E-state index contributed by atoms with van der Waals surface area (Å²) in [4.78, 5) is 11.0. The van der Waals surface area contributed by atoms with E-state index in [2.05, 4.69) is 15.9 Å². The molecule has 0 spiro atoms. The summed E-state index contributed by atoms with van der Waals surface area (Å²) < 4.78 is 13.9. The minimum atomic E-state index is -0.238. The van der Waals surface area contributed by atoms with Gasteiger partial charge in [0.1, 0.15) is 5.82 Å². The Morgan fingerprint density at radius 1 is 1.33 bits per heavy atom. The van der Waals surface area contributed by atoms with Crippen molar-refractivity contribution < 1.29 is 9.18 Å². The van der Waals surface area contributed by atoms with Gasteiger partial charge in [-0.1, -0.05) is 21.5 Å². The van der Waals surface area contributed by atoms with Crippen molar-refractivity contribution in [2.45, 2.75) is 19.3 Å². The molecular formula is C12H10BrFO. The summed E-state index contributed by atoms with van der Waals surface area (Å²) >= 11 is 3.37. The first-order valence-electron chi connectivity index (χ1n) is 4.81. The van der Waals surface area contributed by atoms with Crippen LogP contribution in [0.2, 0.25) is 0 Å². The van der Waals surface area contributed by atoms with Crippen molar-refractivity contribution in [1.29, 1.82) is 0 Å². The van der Waals surface area contributed by atoms with Gasteiger partial charge in [0, 0.05) is 10.9 Å². The number of hydrogen-bond acceptors (Lipinski definition) is 1. The lowest BCUT2D eigenvalue weighted by atomic mass is 10.0. The normalized spacial score (nSPS) is 15.6. The molecule has 0 saturated heterocycles. The highest BCUT2D eigenvalue weighted by molar-refractivity contribution is 9.10. The molecule has 2 rings (SSSR count). The van der Waals surface area contributed by atoms with Crippen molar-refractivity contribution in [3.05, 3.63) is 45.7 Å². The lowest BCUT2D eigenvalue weighted by Gasteiger charge is -2.04. The third-order valence-corrected chi connectivity index (χ3v) is 3.26. The van der Waals surface area contributed by atoms with Crippen LogP contribution in [0, 0.1) is 5.82 Å². The highest BCUT2D eigenvalue weighted by Gasteiger charge is 2.13. The molecule has 1 aromatic carbocycles. The zero-order valence-corrected chi connectivity index (χ0v) is 9.68. The van der Waals surface area contributed by atoms with E-state index < -0.39 is 0 Å². The molecule has 0 saturated carbocycles. The van der Waals surface area contributed by atoms with Gasteiger partial charge in [-0.25, -0.2) is 4.39 Å². The lowest BCUT2D eigenvalue weighted by Crippen LogP contribution is -1.90. The molecule has 0 radical (unpaired) electrons. The average Bonchev–Trinajstić information content (AvgIpc) is 2.58. The maximum atomic E-state index is 13.0. The maximum absolute atomic E-state index is 13.0. The van der Waals surface area contributed by atoms with Gasteiger partial charge in [0.05, 0.1) is 0 Å². The number of allylic oxidation sites excluding steroid dienone is 2. The van der Waals surface area contributed by atoms with E-state index in [-0.39, 0.29) is 11.6 Å². The van der Waals surface area contributed by atoms with Crippen LogP contribution in [0.1, 0.15) is 18.4 Å². The molecule has 0 unspecified atom stereocenters. The Labute approximate surface area is 96.1 Å². The van der Waals surface area contributed by atoms with Gasteiger partial charge in [0.2, 0.25) is 0 Å². The second-order valence-electron chi connectivity index (χ2n) is 3.68. The SMILES string of the molecule is O=C1C=C(Cc2cc(F)ccc2Br)CC1. The van der Waals surface area contributed by atoms with Crippen molar-refractivity contribution in [2.24, 2.45) is 0 Å². The fraction of sp³-hybridized carbons (Fsp3) is 0.250. The van der Waals surface area contributed by atoms with Crippen LogP contribution in [0.4, 0.5) is 4.39 Å². The van der Waals surface area contributed by atoms with Crippen molar-refractivity contribution in [3.63, 3.8) is 0 Å². The van der Waals surface area contributed by atoms with Gasteiger partial charge in [-0.2, -0.15) is 0 Å². The van der Waals surface area contributed by atoms with E-state index in [4.69, 9.17) is 0 Å². The number of rotatable bonds is 2. The largest absolute Gasteiger partial charge is 0.295 e. The molecule has 0 atom stereocenters. The van der Waals surface area contributed by atoms with Crippen LogP contribution in [0.5, 0.6) is 0 Å². The first-order chi connectivity index (χ1) is 7.15. The third kappa shape index (κ3) is 2.53. The molecule has 0 aromatic heterocycles. The summed E-state index contributed by atoms with van der Waals surface area (Å²) in [7, 11) is 0. The molecule has 3 heteroatoms. The van der Waals surface area contributed by atoms with Crippen molar-refractivity contribution in [1.82, 2.24) is 0 Å². The van der Waals surface area contributed by atoms with Crippen LogP contribution in [-0.4, -0.2) is 5.78 Å². The average molecular weight is 269 g/mol. The van der Waals surface area contributed by atoms with E-state index in [1.165, 1.54) is 12.1 Å². The van der Waals surface area contributed by atoms with Gasteiger partial charge in [-0.15, -0.1) is 0 Å². The monoisotopic (exact) mass is 268 g/mol. The summed E-state index contributed by atoms with van der Waals surface area (Å²) in [5, 5.41) is 0. The van der Waals surface area contributed by atoms with Crippen LogP contribution in [-0.2, 0) is 11.2 Å². The van der Waals surface area contributed by atoms with Gasteiger partial charge in [-0.05, 0) is 42.7 Å². The van der Waals surface area contributed by atoms with Crippen molar-refractivity contribution >= 4 is 21.7 Å². The molecule has 1 aromatic rings. The van der Waals surface area contributed by atoms with Gasteiger partial charge >= 0.3 is 0 Å². The molecular weight excluding hydrogens is 259 g/mol. The van der Waals surface area contributed by atoms with Crippen LogP contribution < -0.4 is 0 Å². The number of carbonyl (C=O) groups excluding carboxylic acids is 1. The Kier molecular flexibility index (Phi) is 3.00. The van der Waals surface area contributed by atoms with E-state index in [1.807, 2.05) is 0 Å². The quantitative estimate of drug-likeness (QED) is 0.804. The summed E-state index contributed by atoms with van der Waals surface area (Å²) in [5.74, 6) is -0.0596. The highest BCUT2D eigenvalue weighted by atomic mass is 79.9. The van der Waals surface area contributed by atoms with E-state index in [1.54, 1.807) is 12.1 Å². The predicted octanol–water partition coefficient (Wildman–Crippen LogP) is 3.42. The zero-order valence-electron chi connectivity index (χ0n) is 8.09. The second kappa shape index (κ2) is 4.27. The number of carbonyl (C=O) groups is 1. The van der Waals surface area contributed by atoms with E-state index in [9.17, 15) is 9.18 Å². The molecule has 1 nitrogen and oxygen atoms in total. The fourth-order valence-corrected chi connectivity index (χ4v) is 2.11. The first kappa shape index (κ1) is 10.6. The molecule has 0 fully saturated rings. The number of benzene rings is 1. The zero-order chi connectivity index (χ0) is 10.8. The standard InChI is InChI=1S/C12H10BrFO/c13-12-4-2-10(14)7-9(12)5-8-1-3-11(15)6-8/h2,4,6-7H,1,3,5H2. The van der Waals surface area contributed by atoms with Gasteiger partial charge < -0.3 is 0 Å². The molecule has 1 aliphatic carbocycles. The number of ketones is 1. The van der Waals surface area contributed by atoms with Crippen molar-refractivity contribution in [3.8, 4) is 0 Å². The maximum Gasteiger partial charge on any atom is 0.155 e. The number of halogens is 2. The Bertz CT molecular complexity index is 437. The van der Waals surface area contributed by atoms with E-state index >= 15 is 0 Å². The van der Waals surface area contributed by atoms with Gasteiger partial charge in [0.15, 0.2) is 5.78 Å². The predicted molar refractivity (Wildman–Crippen MR) is 60.1 cm³/mol. The molecule has 0 aliphatic heterocycles. The van der Waals surface area contributed by atoms with Crippen molar-refractivity contribution in [2.75, 3.05) is 0 Å². The van der Waals surface area contributed by atoms with E-state index in [0.717, 1.165) is 22.0 Å². The lowest BCUT2D eigenvalue weighted by molar-refractivity contribution is -0.114. The first-order valence-corrected chi connectivity index (χ1v) is 5.60. The highest BCUT2D eigenvalue weighted by Crippen LogP contribution is 2.25. The Balaban J connectivity index is 2.20. The van der Waals surface area contributed by atoms with E-state index in [0.29, 0.717) is 12.8 Å². The second-order valence-corrected chi connectivity index (χ2v) is 4.54. The molecule has 15 heavy (non-hydrogen) atoms. The molecule has 78 valence electrons. The molecule has 0 amide bonds. The molecule has 0 N–H and O–H groups in total. The van der Waals surface area contributed by atoms with Gasteiger partial charge in [-0.3, -0.25) is 4.79 Å². The Morgan fingerprint density at radius 3 is 2.80 bits per heavy atom. The topological polar surface area (TPSA) is 17.1 Å². The Hall–Kier alpha value is -0.960. The fourth-order valence-electron chi connectivity index (χ4n) is 1.72. The number of hydrogen-bond donors (Lipinski definition) is 0. The third-order valence-electron chi connectivity index (χ3n) is 2.48. The smallest absolute Gasteiger partial charge is 0.155 e. The summed E-state index contributed by atoms with van der Waals surface area (Å²) in [6.45, 7) is 0. The molecule has 0 bridgehead atoms. The summed E-state index contributed by atoms with van der Waals surface area (Å²) in [6, 6.07) is 4.62. The molecule has 0 heterocycles. The molecule has 1 aliphatic rings. The van der Waals surface area contributed by atoms with Crippen LogP contribution >= 0.6 is 15.9 Å². The van der Waals surface area contributed by atoms with Crippen LogP contribution in [0.25, 0.3) is 0 Å². The summed E-state index contributed by atoms with van der Waals surface area (Å²) in [6.07, 6.45) is 3.74. The summed E-state index contributed by atoms with van der Waals surface area (Å²) in [5.41, 5.74) is 1.99. The Morgan fingerprint density at radius 2 is 2.13 bits per heavy atom. The minimum absolute atomic E-state index is 0.178. The van der Waals surface area contributed by atoms with Crippen LogP contribution in [0.15, 0.2) is 34.3 Å². The van der Waals surface area contributed by atoms with Crippen LogP contribution in [0.3, 0.4) is 0 Å².